The molecule has 1 heterocycles. The minimum absolute atomic E-state index is 0.0425. The number of aromatic amines is 1. The van der Waals surface area contributed by atoms with Crippen LogP contribution in [0.2, 0.25) is 0 Å². The highest BCUT2D eigenvalue weighted by atomic mass is 16.2. The van der Waals surface area contributed by atoms with E-state index in [-0.39, 0.29) is 17.4 Å². The molecule has 3 rings (SSSR count). The van der Waals surface area contributed by atoms with Gasteiger partial charge in [0, 0.05) is 11.6 Å². The lowest BCUT2D eigenvalue weighted by Crippen LogP contribution is -2.28. The second-order valence-electron chi connectivity index (χ2n) is 4.58. The number of carbonyl (C=O) groups is 1. The van der Waals surface area contributed by atoms with E-state index >= 15 is 0 Å². The molecule has 1 amide bonds. The van der Waals surface area contributed by atoms with Gasteiger partial charge in [0.2, 0.25) is 5.91 Å². The van der Waals surface area contributed by atoms with Crippen LogP contribution in [0.15, 0.2) is 29.3 Å². The van der Waals surface area contributed by atoms with Gasteiger partial charge in [-0.25, -0.2) is 4.98 Å². The highest BCUT2D eigenvalue weighted by Gasteiger charge is 2.25. The Hall–Kier alpha value is -2.17. The molecular formula is C13H13N3O2. The lowest BCUT2D eigenvalue weighted by atomic mass is 9.85. The fourth-order valence-corrected chi connectivity index (χ4v) is 2.06. The molecule has 0 saturated heterocycles. The zero-order chi connectivity index (χ0) is 12.5. The van der Waals surface area contributed by atoms with Gasteiger partial charge >= 0.3 is 0 Å². The van der Waals surface area contributed by atoms with Gasteiger partial charge in [0.05, 0.1) is 17.2 Å². The maximum absolute atomic E-state index is 11.8. The van der Waals surface area contributed by atoms with Gasteiger partial charge in [0.1, 0.15) is 0 Å². The van der Waals surface area contributed by atoms with Crippen molar-refractivity contribution in [3.8, 4) is 0 Å². The SMILES string of the molecule is O=C(Nc1ccc2nc[nH]c(=O)c2c1)C1CCC1. The van der Waals surface area contributed by atoms with Crippen molar-refractivity contribution in [2.75, 3.05) is 5.32 Å². The van der Waals surface area contributed by atoms with Gasteiger partial charge in [-0.3, -0.25) is 9.59 Å². The van der Waals surface area contributed by atoms with Crippen molar-refractivity contribution in [1.29, 1.82) is 0 Å². The standard InChI is InChI=1S/C13H13N3O2/c17-12(8-2-1-3-8)16-9-4-5-11-10(6-9)13(18)15-7-14-11/h4-8H,1-3H2,(H,16,17)(H,14,15,18). The number of aromatic nitrogens is 2. The van der Waals surface area contributed by atoms with Crippen LogP contribution in [0, 0.1) is 5.92 Å². The lowest BCUT2D eigenvalue weighted by molar-refractivity contribution is -0.122. The number of nitrogens with one attached hydrogen (secondary N) is 2. The van der Waals surface area contributed by atoms with Crippen LogP contribution in [0.25, 0.3) is 10.9 Å². The molecule has 0 atom stereocenters. The molecule has 0 aliphatic heterocycles. The zero-order valence-electron chi connectivity index (χ0n) is 9.77. The molecule has 1 aliphatic rings. The van der Waals surface area contributed by atoms with Crippen LogP contribution in [-0.2, 0) is 4.79 Å². The van der Waals surface area contributed by atoms with Crippen molar-refractivity contribution in [3.05, 3.63) is 34.9 Å². The average Bonchev–Trinajstić information content (AvgIpc) is 2.28. The quantitative estimate of drug-likeness (QED) is 0.842. The zero-order valence-corrected chi connectivity index (χ0v) is 9.77. The van der Waals surface area contributed by atoms with E-state index < -0.39 is 0 Å². The molecule has 18 heavy (non-hydrogen) atoms. The van der Waals surface area contributed by atoms with Crippen LogP contribution < -0.4 is 10.9 Å². The third-order valence-corrected chi connectivity index (χ3v) is 3.38. The van der Waals surface area contributed by atoms with Crippen LogP contribution in [0.3, 0.4) is 0 Å². The van der Waals surface area contributed by atoms with E-state index in [2.05, 4.69) is 15.3 Å². The number of anilines is 1. The molecule has 0 spiro atoms. The Bertz CT molecular complexity index is 659. The molecule has 1 aliphatic carbocycles. The molecule has 1 aromatic heterocycles. The van der Waals surface area contributed by atoms with Crippen molar-refractivity contribution in [3.63, 3.8) is 0 Å². The number of carbonyl (C=O) groups excluding carboxylic acids is 1. The molecule has 0 unspecified atom stereocenters. The number of benzene rings is 1. The molecule has 1 saturated carbocycles. The molecular weight excluding hydrogens is 230 g/mol. The number of hydrogen-bond donors (Lipinski definition) is 2. The van der Waals surface area contributed by atoms with Gasteiger partial charge in [-0.2, -0.15) is 0 Å². The Morgan fingerprint density at radius 3 is 2.94 bits per heavy atom. The number of fused-ring (bicyclic) bond motifs is 1. The normalized spacial score (nSPS) is 15.3. The molecule has 2 N–H and O–H groups in total. The topological polar surface area (TPSA) is 74.8 Å². The minimum atomic E-state index is -0.195. The van der Waals surface area contributed by atoms with Gasteiger partial charge in [-0.1, -0.05) is 6.42 Å². The second-order valence-corrected chi connectivity index (χ2v) is 4.58. The van der Waals surface area contributed by atoms with Gasteiger partial charge in [0.15, 0.2) is 0 Å². The van der Waals surface area contributed by atoms with Crippen LogP contribution in [0.5, 0.6) is 0 Å². The Morgan fingerprint density at radius 2 is 2.22 bits per heavy atom. The summed E-state index contributed by atoms with van der Waals surface area (Å²) in [7, 11) is 0. The summed E-state index contributed by atoms with van der Waals surface area (Å²) in [5.41, 5.74) is 1.08. The van der Waals surface area contributed by atoms with E-state index in [1.54, 1.807) is 18.2 Å². The number of amides is 1. The predicted molar refractivity (Wildman–Crippen MR) is 68.3 cm³/mol. The summed E-state index contributed by atoms with van der Waals surface area (Å²) < 4.78 is 0. The Labute approximate surface area is 103 Å². The van der Waals surface area contributed by atoms with Crippen molar-refractivity contribution in [1.82, 2.24) is 9.97 Å². The third kappa shape index (κ3) is 1.88. The van der Waals surface area contributed by atoms with Gasteiger partial charge < -0.3 is 10.3 Å². The fourth-order valence-electron chi connectivity index (χ4n) is 2.06. The smallest absolute Gasteiger partial charge is 0.258 e. The third-order valence-electron chi connectivity index (χ3n) is 3.38. The number of rotatable bonds is 2. The van der Waals surface area contributed by atoms with E-state index in [9.17, 15) is 9.59 Å². The summed E-state index contributed by atoms with van der Waals surface area (Å²) in [4.78, 5) is 30.0. The fraction of sp³-hybridized carbons (Fsp3) is 0.308. The van der Waals surface area contributed by atoms with Gasteiger partial charge in [-0.15, -0.1) is 0 Å². The van der Waals surface area contributed by atoms with E-state index in [0.29, 0.717) is 16.6 Å². The molecule has 1 fully saturated rings. The lowest BCUT2D eigenvalue weighted by Gasteiger charge is -2.24. The first-order valence-corrected chi connectivity index (χ1v) is 6.02. The first-order valence-electron chi connectivity index (χ1n) is 6.02. The number of hydrogen-bond acceptors (Lipinski definition) is 3. The second kappa shape index (κ2) is 4.25. The number of H-pyrrole nitrogens is 1. The number of nitrogens with zero attached hydrogens (tertiary/aromatic N) is 1. The highest BCUT2D eigenvalue weighted by molar-refractivity contribution is 5.95. The van der Waals surface area contributed by atoms with E-state index in [4.69, 9.17) is 0 Å². The summed E-state index contributed by atoms with van der Waals surface area (Å²) in [5, 5.41) is 3.33. The maximum Gasteiger partial charge on any atom is 0.258 e. The van der Waals surface area contributed by atoms with Crippen LogP contribution in [-0.4, -0.2) is 15.9 Å². The first-order chi connectivity index (χ1) is 8.74. The van der Waals surface area contributed by atoms with Gasteiger partial charge in [0.25, 0.3) is 5.56 Å². The highest BCUT2D eigenvalue weighted by Crippen LogP contribution is 2.27. The van der Waals surface area contributed by atoms with Gasteiger partial charge in [-0.05, 0) is 31.0 Å². The van der Waals surface area contributed by atoms with E-state index in [1.807, 2.05) is 0 Å². The molecule has 2 aromatic rings. The molecule has 1 aromatic carbocycles. The van der Waals surface area contributed by atoms with E-state index in [0.717, 1.165) is 19.3 Å². The predicted octanol–water partition coefficient (Wildman–Crippen LogP) is 1.66. The summed E-state index contributed by atoms with van der Waals surface area (Å²) in [6.45, 7) is 0. The Morgan fingerprint density at radius 1 is 1.39 bits per heavy atom. The van der Waals surface area contributed by atoms with Crippen molar-refractivity contribution in [2.24, 2.45) is 5.92 Å². The molecule has 92 valence electrons. The molecule has 0 bridgehead atoms. The molecule has 0 radical (unpaired) electrons. The summed E-state index contributed by atoms with van der Waals surface area (Å²) in [6, 6.07) is 5.17. The van der Waals surface area contributed by atoms with Crippen molar-refractivity contribution in [2.45, 2.75) is 19.3 Å². The maximum atomic E-state index is 11.8. The molecule has 5 heteroatoms. The largest absolute Gasteiger partial charge is 0.326 e. The minimum Gasteiger partial charge on any atom is -0.326 e. The Balaban J connectivity index is 1.90. The Kier molecular flexibility index (Phi) is 2.59. The molecule has 5 nitrogen and oxygen atoms in total. The van der Waals surface area contributed by atoms with Crippen molar-refractivity contribution >= 4 is 22.5 Å². The first kappa shape index (κ1) is 11.0. The average molecular weight is 243 g/mol. The monoisotopic (exact) mass is 243 g/mol. The summed E-state index contributed by atoms with van der Waals surface area (Å²) in [5.74, 6) is 0.175. The van der Waals surface area contributed by atoms with E-state index in [1.165, 1.54) is 6.33 Å². The summed E-state index contributed by atoms with van der Waals surface area (Å²) >= 11 is 0. The van der Waals surface area contributed by atoms with Crippen LogP contribution >= 0.6 is 0 Å². The van der Waals surface area contributed by atoms with Crippen LogP contribution in [0.4, 0.5) is 5.69 Å². The summed E-state index contributed by atoms with van der Waals surface area (Å²) in [6.07, 6.45) is 4.42. The van der Waals surface area contributed by atoms with Crippen LogP contribution in [0.1, 0.15) is 19.3 Å². The van der Waals surface area contributed by atoms with Crippen molar-refractivity contribution < 1.29 is 4.79 Å².